The maximum absolute atomic E-state index is 6.84. The fraction of sp³-hybridized carbons (Fsp3) is 0.333. The molecule has 1 fully saturated rings. The number of hydrogen-bond donors (Lipinski definition) is 0. The van der Waals surface area contributed by atoms with Crippen LogP contribution in [0.4, 0.5) is 22.7 Å². The molecule has 176 valence electrons. The first kappa shape index (κ1) is 24.5. The number of nitrogens with zero attached hydrogens (tertiary/aromatic N) is 3. The molecular weight excluding hydrogens is 545 g/mol. The Hall–Kier alpha value is -1.64. The van der Waals surface area contributed by atoms with E-state index in [-0.39, 0.29) is 0 Å². The van der Waals surface area contributed by atoms with E-state index in [1.54, 1.807) is 25.6 Å². The van der Waals surface area contributed by atoms with E-state index in [0.717, 1.165) is 44.1 Å². The second-order valence-electron chi connectivity index (χ2n) is 7.61. The lowest BCUT2D eigenvalue weighted by Crippen LogP contribution is -2.46. The monoisotopic (exact) mass is 569 g/mol. The van der Waals surface area contributed by atoms with Crippen molar-refractivity contribution in [2.75, 3.05) is 56.7 Å². The summed E-state index contributed by atoms with van der Waals surface area (Å²) in [7, 11) is 3.15. The van der Waals surface area contributed by atoms with Gasteiger partial charge < -0.3 is 24.2 Å². The average molecular weight is 571 g/mol. The van der Waals surface area contributed by atoms with Gasteiger partial charge in [0.15, 0.2) is 11.5 Å². The van der Waals surface area contributed by atoms with Crippen molar-refractivity contribution in [2.45, 2.75) is 6.92 Å². The van der Waals surface area contributed by atoms with Crippen molar-refractivity contribution < 1.29 is 9.47 Å². The van der Waals surface area contributed by atoms with Crippen LogP contribution < -0.4 is 19.3 Å². The highest BCUT2D eigenvalue weighted by atomic mass is 79.9. The van der Waals surface area contributed by atoms with Crippen LogP contribution in [0.1, 0.15) is 6.92 Å². The van der Waals surface area contributed by atoms with Crippen LogP contribution in [0.5, 0.6) is 11.5 Å². The molecule has 0 spiro atoms. The molecule has 0 N–H and O–H groups in total. The molecule has 0 saturated carbocycles. The normalized spacial score (nSPS) is 14.4. The number of piperazine rings is 1. The third-order valence-electron chi connectivity index (χ3n) is 5.90. The summed E-state index contributed by atoms with van der Waals surface area (Å²) in [5.74, 6) is 0.942. The van der Waals surface area contributed by atoms with Crippen LogP contribution in [-0.4, -0.2) is 51.8 Å². The number of anilines is 4. The van der Waals surface area contributed by atoms with E-state index in [2.05, 4.69) is 62.3 Å². The molecule has 5 nitrogen and oxygen atoms in total. The highest BCUT2D eigenvalue weighted by molar-refractivity contribution is 9.10. The number of hydrogen-bond acceptors (Lipinski definition) is 6. The highest BCUT2D eigenvalue weighted by Crippen LogP contribution is 2.55. The summed E-state index contributed by atoms with van der Waals surface area (Å²) in [5.41, 5.74) is 3.72. The van der Waals surface area contributed by atoms with Crippen LogP contribution in [0.3, 0.4) is 0 Å². The summed E-state index contributed by atoms with van der Waals surface area (Å²) in [6.45, 7) is 7.54. The quantitative estimate of drug-likeness (QED) is 0.294. The predicted octanol–water partition coefficient (Wildman–Crippen LogP) is 7.45. The van der Waals surface area contributed by atoms with E-state index in [0.29, 0.717) is 31.7 Å². The molecule has 0 bridgehead atoms. The molecule has 0 aliphatic carbocycles. The molecule has 4 rings (SSSR count). The number of benzene rings is 2. The van der Waals surface area contributed by atoms with Crippen LogP contribution in [0.15, 0.2) is 45.6 Å². The number of ether oxygens (including phenoxy) is 2. The third-order valence-corrected chi connectivity index (χ3v) is 7.99. The molecule has 9 heteroatoms. The Morgan fingerprint density at radius 3 is 2.03 bits per heavy atom. The second-order valence-corrected chi connectivity index (χ2v) is 9.94. The van der Waals surface area contributed by atoms with E-state index < -0.39 is 0 Å². The maximum Gasteiger partial charge on any atom is 0.157 e. The van der Waals surface area contributed by atoms with Gasteiger partial charge in [-0.1, -0.05) is 30.1 Å². The Morgan fingerprint density at radius 2 is 1.55 bits per heavy atom. The molecule has 3 aromatic rings. The first-order chi connectivity index (χ1) is 16.0. The van der Waals surface area contributed by atoms with Crippen LogP contribution in [0.2, 0.25) is 10.0 Å². The summed E-state index contributed by atoms with van der Waals surface area (Å²) >= 11 is 18.8. The minimum Gasteiger partial charge on any atom is -0.494 e. The molecule has 1 aliphatic heterocycles. The predicted molar refractivity (Wildman–Crippen MR) is 144 cm³/mol. The minimum absolute atomic E-state index is 0.404. The Bertz CT molecular complexity index is 1060. The SMILES string of the molecule is CCN1CCN(c2ccc(N(c3ccsc3)c3c(Cl)c(OC)c(Br)c(OC)c3Cl)cc2)CC1. The van der Waals surface area contributed by atoms with Crippen molar-refractivity contribution in [1.82, 2.24) is 4.90 Å². The zero-order valence-electron chi connectivity index (χ0n) is 18.8. The number of methoxy groups -OCH3 is 2. The lowest BCUT2D eigenvalue weighted by molar-refractivity contribution is 0.271. The summed E-state index contributed by atoms with van der Waals surface area (Å²) in [6, 6.07) is 10.6. The zero-order valence-corrected chi connectivity index (χ0v) is 22.7. The van der Waals surface area contributed by atoms with Gasteiger partial charge in [0.2, 0.25) is 0 Å². The summed E-state index contributed by atoms with van der Waals surface area (Å²) in [5, 5.41) is 4.90. The van der Waals surface area contributed by atoms with Gasteiger partial charge in [-0.3, -0.25) is 0 Å². The molecule has 33 heavy (non-hydrogen) atoms. The topological polar surface area (TPSA) is 28.2 Å². The molecule has 1 aliphatic rings. The molecule has 2 aromatic carbocycles. The molecule has 2 heterocycles. The average Bonchev–Trinajstić information content (AvgIpc) is 3.37. The summed E-state index contributed by atoms with van der Waals surface area (Å²) < 4.78 is 11.7. The van der Waals surface area contributed by atoms with Gasteiger partial charge in [-0.2, -0.15) is 11.3 Å². The molecule has 0 atom stereocenters. The van der Waals surface area contributed by atoms with E-state index in [1.807, 2.05) is 16.3 Å². The van der Waals surface area contributed by atoms with Crippen molar-refractivity contribution in [3.05, 3.63) is 55.6 Å². The number of likely N-dealkylation sites (N-methyl/N-ethyl adjacent to an activating group) is 1. The first-order valence-corrected chi connectivity index (χ1v) is 13.2. The van der Waals surface area contributed by atoms with Gasteiger partial charge in [0.05, 0.1) is 25.6 Å². The van der Waals surface area contributed by atoms with E-state index in [4.69, 9.17) is 32.7 Å². The molecule has 0 unspecified atom stereocenters. The van der Waals surface area contributed by atoms with Crippen molar-refractivity contribution >= 4 is 73.2 Å². The molecule has 1 aromatic heterocycles. The molecule has 0 radical (unpaired) electrons. The van der Waals surface area contributed by atoms with Crippen molar-refractivity contribution in [3.63, 3.8) is 0 Å². The Labute approximate surface area is 217 Å². The van der Waals surface area contributed by atoms with Crippen LogP contribution in [-0.2, 0) is 0 Å². The van der Waals surface area contributed by atoms with Gasteiger partial charge in [-0.05, 0) is 58.2 Å². The maximum atomic E-state index is 6.84. The van der Waals surface area contributed by atoms with Crippen LogP contribution >= 0.6 is 50.5 Å². The fourth-order valence-electron chi connectivity index (χ4n) is 4.09. The van der Waals surface area contributed by atoms with Gasteiger partial charge in [0, 0.05) is 42.9 Å². The third kappa shape index (κ3) is 4.80. The van der Waals surface area contributed by atoms with Crippen molar-refractivity contribution in [1.29, 1.82) is 0 Å². The Kier molecular flexibility index (Phi) is 7.97. The lowest BCUT2D eigenvalue weighted by atomic mass is 10.1. The number of thiophene rings is 1. The van der Waals surface area contributed by atoms with Gasteiger partial charge >= 0.3 is 0 Å². The smallest absolute Gasteiger partial charge is 0.157 e. The minimum atomic E-state index is 0.404. The van der Waals surface area contributed by atoms with Gasteiger partial charge in [-0.15, -0.1) is 0 Å². The van der Waals surface area contributed by atoms with Gasteiger partial charge in [0.25, 0.3) is 0 Å². The van der Waals surface area contributed by atoms with Crippen LogP contribution in [0, 0.1) is 0 Å². The standard InChI is InChI=1S/C24H26BrCl2N3O2S/c1-4-28-10-12-29(13-11-28)16-5-7-17(8-6-16)30(18-9-14-33-15-18)22-20(26)23(31-2)19(25)24(32-3)21(22)27/h5-9,14-15H,4,10-13H2,1-3H3. The second kappa shape index (κ2) is 10.7. The van der Waals surface area contributed by atoms with Crippen molar-refractivity contribution in [2.24, 2.45) is 0 Å². The van der Waals surface area contributed by atoms with Gasteiger partial charge in [-0.25, -0.2) is 0 Å². The number of rotatable bonds is 7. The summed E-state index contributed by atoms with van der Waals surface area (Å²) in [4.78, 5) is 6.94. The first-order valence-electron chi connectivity index (χ1n) is 10.7. The molecule has 1 saturated heterocycles. The zero-order chi connectivity index (χ0) is 23.5. The highest BCUT2D eigenvalue weighted by Gasteiger charge is 2.28. The summed E-state index contributed by atoms with van der Waals surface area (Å²) in [6.07, 6.45) is 0. The van der Waals surface area contributed by atoms with E-state index >= 15 is 0 Å². The Morgan fingerprint density at radius 1 is 0.939 bits per heavy atom. The van der Waals surface area contributed by atoms with Crippen LogP contribution in [0.25, 0.3) is 0 Å². The van der Waals surface area contributed by atoms with E-state index in [9.17, 15) is 0 Å². The Balaban J connectivity index is 1.77. The molecule has 0 amide bonds. The molecular formula is C24H26BrCl2N3O2S. The fourth-order valence-corrected chi connectivity index (χ4v) is 6.41. The largest absolute Gasteiger partial charge is 0.494 e. The van der Waals surface area contributed by atoms with E-state index in [1.165, 1.54) is 5.69 Å². The number of halogens is 3. The van der Waals surface area contributed by atoms with Crippen molar-refractivity contribution in [3.8, 4) is 11.5 Å². The van der Waals surface area contributed by atoms with Gasteiger partial charge in [0.1, 0.15) is 14.5 Å². The lowest BCUT2D eigenvalue weighted by Gasteiger charge is -2.36.